The topological polar surface area (TPSA) is 63.8 Å². The number of nitrogens with one attached hydrogen (secondary N) is 1. The number of aromatic nitrogens is 2. The largest absolute Gasteiger partial charge is 0.365 e. The Kier molecular flexibility index (Phi) is 2.14. The van der Waals surface area contributed by atoms with Crippen LogP contribution in [0.4, 0.5) is 5.82 Å². The maximum atomic E-state index is 5.66. The first-order valence-corrected chi connectivity index (χ1v) is 4.83. The predicted molar refractivity (Wildman–Crippen MR) is 54.8 cm³/mol. The Morgan fingerprint density at radius 3 is 3.00 bits per heavy atom. The third-order valence-corrected chi connectivity index (χ3v) is 2.62. The summed E-state index contributed by atoms with van der Waals surface area (Å²) >= 11 is 2.20. The minimum Gasteiger partial charge on any atom is -0.365 e. The van der Waals surface area contributed by atoms with Crippen molar-refractivity contribution in [2.45, 2.75) is 18.5 Å². The molecule has 0 saturated heterocycles. The van der Waals surface area contributed by atoms with Gasteiger partial charge in [-0.05, 0) is 29.0 Å². The van der Waals surface area contributed by atoms with Crippen molar-refractivity contribution in [3.63, 3.8) is 0 Å². The fourth-order valence-electron chi connectivity index (χ4n) is 0.975. The first-order valence-electron chi connectivity index (χ1n) is 3.75. The van der Waals surface area contributed by atoms with Gasteiger partial charge in [-0.1, -0.05) is 0 Å². The molecular weight excluding hydrogens is 267 g/mol. The summed E-state index contributed by atoms with van der Waals surface area (Å²) in [4.78, 5) is 8.01. The highest BCUT2D eigenvalue weighted by atomic mass is 127. The van der Waals surface area contributed by atoms with Crippen molar-refractivity contribution in [1.29, 1.82) is 0 Å². The molecule has 1 aliphatic rings. The van der Waals surface area contributed by atoms with Crippen molar-refractivity contribution in [1.82, 2.24) is 9.97 Å². The molecule has 2 unspecified atom stereocenters. The van der Waals surface area contributed by atoms with E-state index >= 15 is 0 Å². The van der Waals surface area contributed by atoms with Crippen LogP contribution in [-0.4, -0.2) is 22.1 Å². The van der Waals surface area contributed by atoms with Gasteiger partial charge in [-0.15, -0.1) is 0 Å². The van der Waals surface area contributed by atoms with Gasteiger partial charge in [0.05, 0.1) is 3.57 Å². The van der Waals surface area contributed by atoms with E-state index in [1.54, 1.807) is 12.5 Å². The number of nitrogens with two attached hydrogens (primary N) is 1. The molecule has 1 heterocycles. The molecule has 5 heteroatoms. The Morgan fingerprint density at radius 1 is 1.67 bits per heavy atom. The predicted octanol–water partition coefficient (Wildman–Crippen LogP) is 0.593. The maximum absolute atomic E-state index is 5.66. The van der Waals surface area contributed by atoms with Crippen LogP contribution in [0.3, 0.4) is 0 Å². The summed E-state index contributed by atoms with van der Waals surface area (Å²) in [7, 11) is 0. The van der Waals surface area contributed by atoms with Crippen LogP contribution in [0.1, 0.15) is 6.42 Å². The van der Waals surface area contributed by atoms with Crippen molar-refractivity contribution < 1.29 is 0 Å². The second kappa shape index (κ2) is 3.14. The molecule has 0 spiro atoms. The van der Waals surface area contributed by atoms with Gasteiger partial charge in [0.25, 0.3) is 0 Å². The fraction of sp³-hybridized carbons (Fsp3) is 0.429. The van der Waals surface area contributed by atoms with Gasteiger partial charge in [0.2, 0.25) is 0 Å². The highest BCUT2D eigenvalue weighted by Gasteiger charge is 2.33. The zero-order chi connectivity index (χ0) is 8.55. The van der Waals surface area contributed by atoms with Gasteiger partial charge in [0.15, 0.2) is 0 Å². The monoisotopic (exact) mass is 276 g/mol. The van der Waals surface area contributed by atoms with E-state index in [0.29, 0.717) is 12.1 Å². The second-order valence-electron chi connectivity index (χ2n) is 2.87. The van der Waals surface area contributed by atoms with E-state index in [2.05, 4.69) is 37.9 Å². The minimum atomic E-state index is 0.302. The van der Waals surface area contributed by atoms with Crippen LogP contribution in [-0.2, 0) is 0 Å². The SMILES string of the molecule is NC1CC1Nc1ncncc1I. The fourth-order valence-corrected chi connectivity index (χ4v) is 1.43. The lowest BCUT2D eigenvalue weighted by Crippen LogP contribution is -2.14. The molecule has 4 nitrogen and oxygen atoms in total. The van der Waals surface area contributed by atoms with E-state index in [9.17, 15) is 0 Å². The third-order valence-electron chi connectivity index (χ3n) is 1.83. The minimum absolute atomic E-state index is 0.302. The standard InChI is InChI=1S/C7H9IN4/c8-4-2-10-3-11-7(4)12-6-1-5(6)9/h2-3,5-6H,1,9H2,(H,10,11,12). The normalized spacial score (nSPS) is 26.8. The summed E-state index contributed by atoms with van der Waals surface area (Å²) in [6, 6.07) is 0.712. The van der Waals surface area contributed by atoms with E-state index in [4.69, 9.17) is 5.73 Å². The summed E-state index contributed by atoms with van der Waals surface area (Å²) < 4.78 is 1.04. The second-order valence-corrected chi connectivity index (χ2v) is 4.03. The number of hydrogen-bond donors (Lipinski definition) is 2. The van der Waals surface area contributed by atoms with Gasteiger partial charge >= 0.3 is 0 Å². The van der Waals surface area contributed by atoms with E-state index in [0.717, 1.165) is 15.8 Å². The average Bonchev–Trinajstić information content (AvgIpc) is 2.72. The lowest BCUT2D eigenvalue weighted by atomic mass is 10.5. The molecule has 64 valence electrons. The number of rotatable bonds is 2. The Balaban J connectivity index is 2.08. The molecule has 0 amide bonds. The molecule has 1 fully saturated rings. The Labute approximate surface area is 84.1 Å². The third kappa shape index (κ3) is 1.66. The zero-order valence-electron chi connectivity index (χ0n) is 6.37. The van der Waals surface area contributed by atoms with Crippen molar-refractivity contribution in [2.24, 2.45) is 5.73 Å². The zero-order valence-corrected chi connectivity index (χ0v) is 8.52. The van der Waals surface area contributed by atoms with Crippen LogP contribution in [0.2, 0.25) is 0 Å². The van der Waals surface area contributed by atoms with Crippen LogP contribution in [0.5, 0.6) is 0 Å². The number of nitrogens with zero attached hydrogens (tertiary/aromatic N) is 2. The van der Waals surface area contributed by atoms with Crippen molar-refractivity contribution in [3.8, 4) is 0 Å². The number of hydrogen-bond acceptors (Lipinski definition) is 4. The Hall–Kier alpha value is -0.430. The van der Waals surface area contributed by atoms with Crippen LogP contribution in [0.15, 0.2) is 12.5 Å². The van der Waals surface area contributed by atoms with Gasteiger partial charge in [-0.2, -0.15) is 0 Å². The van der Waals surface area contributed by atoms with Gasteiger partial charge in [-0.25, -0.2) is 9.97 Å². The molecule has 1 aromatic rings. The molecule has 0 aliphatic heterocycles. The average molecular weight is 276 g/mol. The lowest BCUT2D eigenvalue weighted by molar-refractivity contribution is 0.987. The van der Waals surface area contributed by atoms with Crippen LogP contribution >= 0.6 is 22.6 Å². The molecule has 3 N–H and O–H groups in total. The summed E-state index contributed by atoms with van der Waals surface area (Å²) in [5, 5.41) is 3.25. The summed E-state index contributed by atoms with van der Waals surface area (Å²) in [6.07, 6.45) is 4.36. The molecule has 1 saturated carbocycles. The van der Waals surface area contributed by atoms with Gasteiger partial charge in [0, 0.05) is 18.3 Å². The first-order chi connectivity index (χ1) is 5.77. The summed E-state index contributed by atoms with van der Waals surface area (Å²) in [5.74, 6) is 0.892. The lowest BCUT2D eigenvalue weighted by Gasteiger charge is -2.04. The van der Waals surface area contributed by atoms with Crippen molar-refractivity contribution >= 4 is 28.4 Å². The van der Waals surface area contributed by atoms with Gasteiger partial charge in [-0.3, -0.25) is 0 Å². The smallest absolute Gasteiger partial charge is 0.143 e. The van der Waals surface area contributed by atoms with Crippen LogP contribution in [0.25, 0.3) is 0 Å². The number of halogens is 1. The molecule has 1 aliphatic carbocycles. The van der Waals surface area contributed by atoms with Crippen LogP contribution < -0.4 is 11.1 Å². The van der Waals surface area contributed by atoms with Crippen LogP contribution in [0, 0.1) is 3.57 Å². The molecular formula is C7H9IN4. The summed E-state index contributed by atoms with van der Waals surface area (Å²) in [5.41, 5.74) is 5.66. The van der Waals surface area contributed by atoms with E-state index in [1.165, 1.54) is 0 Å². The van der Waals surface area contributed by atoms with E-state index in [-0.39, 0.29) is 0 Å². The molecule has 0 bridgehead atoms. The molecule has 1 aromatic heterocycles. The molecule has 2 atom stereocenters. The molecule has 2 rings (SSSR count). The number of anilines is 1. The van der Waals surface area contributed by atoms with E-state index in [1.807, 2.05) is 0 Å². The van der Waals surface area contributed by atoms with Crippen molar-refractivity contribution in [3.05, 3.63) is 16.1 Å². The highest BCUT2D eigenvalue weighted by Crippen LogP contribution is 2.24. The van der Waals surface area contributed by atoms with Gasteiger partial charge < -0.3 is 11.1 Å². The highest BCUT2D eigenvalue weighted by molar-refractivity contribution is 14.1. The first kappa shape index (κ1) is 8.18. The Bertz CT molecular complexity index is 290. The van der Waals surface area contributed by atoms with Gasteiger partial charge in [0.1, 0.15) is 12.1 Å². The quantitative estimate of drug-likeness (QED) is 0.776. The Morgan fingerprint density at radius 2 is 2.42 bits per heavy atom. The molecule has 12 heavy (non-hydrogen) atoms. The molecule has 0 radical (unpaired) electrons. The van der Waals surface area contributed by atoms with Crippen molar-refractivity contribution in [2.75, 3.05) is 5.32 Å². The summed E-state index contributed by atoms with van der Waals surface area (Å²) in [6.45, 7) is 0. The maximum Gasteiger partial charge on any atom is 0.143 e. The molecule has 0 aromatic carbocycles. The van der Waals surface area contributed by atoms with E-state index < -0.39 is 0 Å².